The molecule has 1 aromatic carbocycles. The van der Waals surface area contributed by atoms with Crippen LogP contribution in [0.5, 0.6) is 0 Å². The summed E-state index contributed by atoms with van der Waals surface area (Å²) in [6.07, 6.45) is 0. The fraction of sp³-hybridized carbons (Fsp3) is 0.250. The Hall–Kier alpha value is -2.38. The third kappa shape index (κ3) is 4.18. The maximum absolute atomic E-state index is 12.5. The summed E-state index contributed by atoms with van der Waals surface area (Å²) in [4.78, 5) is 25.9. The molecule has 0 unspecified atom stereocenters. The summed E-state index contributed by atoms with van der Waals surface area (Å²) in [5.74, 6) is 0.969. The average Bonchev–Trinajstić information content (AvgIpc) is 2.98. The average molecular weight is 380 g/mol. The zero-order chi connectivity index (χ0) is 18.0. The Balaban J connectivity index is 1.72. The number of carbonyl (C=O) groups is 1. The Morgan fingerprint density at radius 2 is 1.88 bits per heavy atom. The number of amides is 2. The topological polar surface area (TPSA) is 84.1 Å². The minimum Gasteiger partial charge on any atom is -0.294 e. The summed E-state index contributed by atoms with van der Waals surface area (Å²) in [5, 5.41) is 6.67. The molecule has 1 aliphatic heterocycles. The highest BCUT2D eigenvalue weighted by atomic mass is 35.5. The number of urea groups is 1. The van der Waals surface area contributed by atoms with E-state index in [0.29, 0.717) is 40.7 Å². The smallest absolute Gasteiger partial charge is 0.294 e. The zero-order valence-electron chi connectivity index (χ0n) is 13.7. The lowest BCUT2D eigenvalue weighted by Gasteiger charge is -2.13. The molecular formula is C16H17Cl2N6O+. The molecule has 1 aliphatic rings. The molecule has 0 fully saturated rings. The molecule has 3 N–H and O–H groups in total. The van der Waals surface area contributed by atoms with Crippen LogP contribution in [0.3, 0.4) is 0 Å². The van der Waals surface area contributed by atoms with Crippen LogP contribution in [0.4, 0.5) is 16.4 Å². The van der Waals surface area contributed by atoms with Crippen LogP contribution in [0, 0.1) is 13.8 Å². The van der Waals surface area contributed by atoms with E-state index < -0.39 is 0 Å². The molecule has 2 amide bonds. The number of halogens is 2. The van der Waals surface area contributed by atoms with E-state index in [4.69, 9.17) is 23.2 Å². The van der Waals surface area contributed by atoms with Crippen molar-refractivity contribution in [1.29, 1.82) is 0 Å². The van der Waals surface area contributed by atoms with E-state index in [-0.39, 0.29) is 6.03 Å². The lowest BCUT2D eigenvalue weighted by Crippen LogP contribution is -2.72. The summed E-state index contributed by atoms with van der Waals surface area (Å²) >= 11 is 11.9. The molecule has 130 valence electrons. The maximum atomic E-state index is 12.5. The largest absolute Gasteiger partial charge is 0.386 e. The molecule has 2 heterocycles. The lowest BCUT2D eigenvalue weighted by molar-refractivity contribution is -0.444. The summed E-state index contributed by atoms with van der Waals surface area (Å²) < 4.78 is 0. The van der Waals surface area contributed by atoms with Crippen molar-refractivity contribution >= 4 is 46.8 Å². The normalized spacial score (nSPS) is 13.6. The summed E-state index contributed by atoms with van der Waals surface area (Å²) in [6.45, 7) is 4.92. The fourth-order valence-corrected chi connectivity index (χ4v) is 2.76. The van der Waals surface area contributed by atoms with Gasteiger partial charge in [-0.05, 0) is 38.1 Å². The van der Waals surface area contributed by atoms with Crippen LogP contribution in [0.1, 0.15) is 11.4 Å². The second-order valence-electron chi connectivity index (χ2n) is 5.59. The van der Waals surface area contributed by atoms with Gasteiger partial charge in [-0.15, -0.1) is 0 Å². The number of nitrogens with one attached hydrogen (secondary N) is 3. The molecule has 25 heavy (non-hydrogen) atoms. The summed E-state index contributed by atoms with van der Waals surface area (Å²) in [6, 6.07) is 6.51. The van der Waals surface area contributed by atoms with Crippen molar-refractivity contribution in [2.75, 3.05) is 23.7 Å². The Kier molecular flexibility index (Phi) is 5.06. The summed E-state index contributed by atoms with van der Waals surface area (Å²) in [5.41, 5.74) is 2.26. The molecule has 0 spiro atoms. The molecular weight excluding hydrogens is 363 g/mol. The van der Waals surface area contributed by atoms with Crippen molar-refractivity contribution < 1.29 is 9.79 Å². The van der Waals surface area contributed by atoms with E-state index in [1.54, 1.807) is 23.1 Å². The number of aryl methyl sites for hydroxylation is 2. The van der Waals surface area contributed by atoms with Gasteiger partial charge in [0, 0.05) is 17.1 Å². The van der Waals surface area contributed by atoms with Crippen LogP contribution < -0.4 is 15.6 Å². The van der Waals surface area contributed by atoms with Gasteiger partial charge >= 0.3 is 12.0 Å². The van der Waals surface area contributed by atoms with Crippen LogP contribution in [-0.4, -0.2) is 39.9 Å². The van der Waals surface area contributed by atoms with Gasteiger partial charge in [0.25, 0.3) is 5.95 Å². The molecule has 0 saturated carbocycles. The van der Waals surface area contributed by atoms with Crippen LogP contribution in [-0.2, 0) is 0 Å². The number of hydrogen-bond acceptors (Lipinski definition) is 4. The quantitative estimate of drug-likeness (QED) is 0.742. The first kappa shape index (κ1) is 17.4. The second-order valence-corrected chi connectivity index (χ2v) is 6.40. The van der Waals surface area contributed by atoms with Crippen molar-refractivity contribution in [3.05, 3.63) is 45.7 Å². The van der Waals surface area contributed by atoms with Crippen LogP contribution >= 0.6 is 23.2 Å². The van der Waals surface area contributed by atoms with Gasteiger partial charge in [0.05, 0.1) is 16.6 Å². The Bertz CT molecular complexity index is 834. The van der Waals surface area contributed by atoms with Gasteiger partial charge in [0.1, 0.15) is 6.54 Å². The first-order chi connectivity index (χ1) is 11.9. The highest BCUT2D eigenvalue weighted by Crippen LogP contribution is 2.25. The van der Waals surface area contributed by atoms with Crippen LogP contribution in [0.15, 0.2) is 24.3 Å². The molecule has 1 aromatic heterocycles. The second kappa shape index (κ2) is 7.25. The number of benzene rings is 1. The molecule has 7 nitrogen and oxygen atoms in total. The number of rotatable bonds is 2. The summed E-state index contributed by atoms with van der Waals surface area (Å²) in [7, 11) is 0. The third-order valence-corrected chi connectivity index (χ3v) is 4.27. The predicted octanol–water partition coefficient (Wildman–Crippen LogP) is 1.80. The van der Waals surface area contributed by atoms with E-state index in [2.05, 4.69) is 25.6 Å². The number of hydrogen-bond donors (Lipinski definition) is 3. The van der Waals surface area contributed by atoms with Gasteiger partial charge in [-0.1, -0.05) is 23.2 Å². The standard InChI is InChI=1S/C16H16Cl2N6O/c1-9-7-10(2)21-14(20-9)23-15-19-5-6-24(15)16(25)22-11-3-4-12(17)13(18)8-11/h3-4,7-8H,5-6H2,1-2H3,(H,22,25)(H,19,20,21,23)/p+1. The predicted molar refractivity (Wildman–Crippen MR) is 98.2 cm³/mol. The van der Waals surface area contributed by atoms with Gasteiger partial charge < -0.3 is 0 Å². The molecule has 0 aliphatic carbocycles. The lowest BCUT2D eigenvalue weighted by atomic mass is 10.3. The Morgan fingerprint density at radius 3 is 2.56 bits per heavy atom. The zero-order valence-corrected chi connectivity index (χ0v) is 15.2. The molecule has 3 rings (SSSR count). The van der Waals surface area contributed by atoms with Crippen LogP contribution in [0.2, 0.25) is 10.0 Å². The van der Waals surface area contributed by atoms with E-state index >= 15 is 0 Å². The van der Waals surface area contributed by atoms with Crippen molar-refractivity contribution in [1.82, 2.24) is 14.9 Å². The van der Waals surface area contributed by atoms with Crippen molar-refractivity contribution in [2.45, 2.75) is 13.8 Å². The molecule has 0 bridgehead atoms. The minimum atomic E-state index is -0.296. The van der Waals surface area contributed by atoms with Crippen LogP contribution in [0.25, 0.3) is 0 Å². The van der Waals surface area contributed by atoms with Crippen molar-refractivity contribution in [3.63, 3.8) is 0 Å². The van der Waals surface area contributed by atoms with Gasteiger partial charge in [-0.25, -0.2) is 20.1 Å². The minimum absolute atomic E-state index is 0.296. The number of carbonyl (C=O) groups excluding carboxylic acids is 1. The first-order valence-electron chi connectivity index (χ1n) is 7.66. The van der Waals surface area contributed by atoms with Gasteiger partial charge in [0.15, 0.2) is 0 Å². The Labute approximate surface area is 155 Å². The number of guanidine groups is 1. The van der Waals surface area contributed by atoms with E-state index in [1.165, 1.54) is 0 Å². The maximum Gasteiger partial charge on any atom is 0.386 e. The SMILES string of the molecule is Cc1cc(C)nc(NC2=[NH+]CCN2C(=O)Nc2ccc(Cl)c(Cl)c2)n1. The van der Waals surface area contributed by atoms with Crippen molar-refractivity contribution in [3.8, 4) is 0 Å². The van der Waals surface area contributed by atoms with Gasteiger partial charge in [-0.3, -0.25) is 10.3 Å². The number of aromatic nitrogens is 2. The molecule has 0 atom stereocenters. The van der Waals surface area contributed by atoms with E-state index in [9.17, 15) is 4.79 Å². The fourth-order valence-electron chi connectivity index (χ4n) is 2.46. The van der Waals surface area contributed by atoms with E-state index in [1.807, 2.05) is 19.9 Å². The molecule has 9 heteroatoms. The monoisotopic (exact) mass is 379 g/mol. The third-order valence-electron chi connectivity index (χ3n) is 3.53. The number of anilines is 2. The number of nitrogens with zero attached hydrogens (tertiary/aromatic N) is 3. The molecule has 0 saturated heterocycles. The first-order valence-corrected chi connectivity index (χ1v) is 8.41. The van der Waals surface area contributed by atoms with Gasteiger partial charge in [-0.2, -0.15) is 4.90 Å². The highest BCUT2D eigenvalue weighted by molar-refractivity contribution is 6.42. The molecule has 0 radical (unpaired) electrons. The highest BCUT2D eigenvalue weighted by Gasteiger charge is 2.32. The molecule has 2 aromatic rings. The van der Waals surface area contributed by atoms with E-state index in [0.717, 1.165) is 11.4 Å². The van der Waals surface area contributed by atoms with Crippen molar-refractivity contribution in [2.24, 2.45) is 0 Å². The van der Waals surface area contributed by atoms with Gasteiger partial charge in [0.2, 0.25) is 0 Å². The Morgan fingerprint density at radius 1 is 1.16 bits per heavy atom.